The van der Waals surface area contributed by atoms with E-state index in [-0.39, 0.29) is 23.0 Å². The van der Waals surface area contributed by atoms with Gasteiger partial charge in [-0.05, 0) is 50.2 Å². The Kier molecular flexibility index (Phi) is 20.2. The Morgan fingerprint density at radius 2 is 1.07 bits per heavy atom. The summed E-state index contributed by atoms with van der Waals surface area (Å²) in [5.74, 6) is 0.0895. The monoisotopic (exact) mass is 723 g/mol. The molecule has 3 aromatic rings. The van der Waals surface area contributed by atoms with Gasteiger partial charge in [-0.3, -0.25) is 4.55 Å². The largest absolute Gasteiger partial charge is 0.286 e. The van der Waals surface area contributed by atoms with Crippen molar-refractivity contribution in [2.45, 2.75) is 44.4 Å². The molecule has 1 aromatic heterocycles. The van der Waals surface area contributed by atoms with Crippen LogP contribution < -0.4 is 4.57 Å². The van der Waals surface area contributed by atoms with Crippen molar-refractivity contribution >= 4 is 61.1 Å². The van der Waals surface area contributed by atoms with Crippen LogP contribution in [-0.2, 0) is 52.9 Å². The van der Waals surface area contributed by atoms with Gasteiger partial charge in [-0.15, -0.1) is 0 Å². The molecule has 0 aliphatic carbocycles. The van der Waals surface area contributed by atoms with Crippen LogP contribution >= 0.6 is 22.3 Å². The zero-order chi connectivity index (χ0) is 34.1. The minimum atomic E-state index is -3.66. The lowest BCUT2D eigenvalue weighted by atomic mass is 10.2. The number of rotatable bonds is 6. The summed E-state index contributed by atoms with van der Waals surface area (Å²) in [6.45, 7) is 8.05. The Hall–Kier alpha value is -2.01. The minimum Gasteiger partial charge on any atom is -0.286 e. The summed E-state index contributed by atoms with van der Waals surface area (Å²) in [6.07, 6.45) is 6.00. The highest BCUT2D eigenvalue weighted by Gasteiger charge is 2.10. The number of hydrogen-bond donors (Lipinski definition) is 1. The first kappa shape index (κ1) is 43.1. The standard InChI is InChI=1S/C9H12O2S.C8H9ClO2S.C5H9N2.C2H5ClO2S.C2H6O3S/c1-3-12(10,11)9-6-4-8(2)5-7-9;1-2-12(10,11)8-5-3-7(9)4-6-8;1-6-3-4-7(2)5-6;2*1-2-6(3,4)5/h4-7H,3H2,1-2H3;3-6H,2H2,1H3;3-5H,1-2H3;2H2,1H3;2H2,1H3,(H,3,4,5)/q;;+1;;. The van der Waals surface area contributed by atoms with Gasteiger partial charge in [0.1, 0.15) is 12.4 Å². The SMILES string of the molecule is CCS(=O)(=O)Cl.CCS(=O)(=O)O.CCS(=O)(=O)c1ccc(C)cc1.CCS(=O)(=O)c1ccc(Cl)cc1.Cn1cc[n+](C)c1. The highest BCUT2D eigenvalue weighted by molar-refractivity contribution is 8.13. The van der Waals surface area contributed by atoms with Gasteiger partial charge in [-0.1, -0.05) is 50.1 Å². The molecule has 11 nitrogen and oxygen atoms in total. The third-order valence-corrected chi connectivity index (χ3v) is 10.8. The molecule has 0 fully saturated rings. The first-order chi connectivity index (χ1) is 19.5. The summed E-state index contributed by atoms with van der Waals surface area (Å²) in [6, 6.07) is 13.1. The van der Waals surface area contributed by atoms with Crippen LogP contribution in [0, 0.1) is 6.92 Å². The summed E-state index contributed by atoms with van der Waals surface area (Å²) < 4.78 is 95.6. The summed E-state index contributed by atoms with van der Waals surface area (Å²) in [7, 11) is -4.25. The molecule has 0 saturated carbocycles. The predicted molar refractivity (Wildman–Crippen MR) is 172 cm³/mol. The van der Waals surface area contributed by atoms with Crippen LogP contribution in [0.25, 0.3) is 0 Å². The maximum Gasteiger partial charge on any atom is 0.264 e. The fourth-order valence-corrected chi connectivity index (χ4v) is 4.19. The maximum absolute atomic E-state index is 11.3. The Labute approximate surface area is 266 Å². The van der Waals surface area contributed by atoms with Crippen LogP contribution in [0.2, 0.25) is 5.02 Å². The normalized spacial score (nSPS) is 11.2. The van der Waals surface area contributed by atoms with Crippen molar-refractivity contribution in [2.24, 2.45) is 14.1 Å². The van der Waals surface area contributed by atoms with Crippen LogP contribution in [0.15, 0.2) is 77.0 Å². The zero-order valence-corrected chi connectivity index (χ0v) is 30.0. The number of halogens is 2. The van der Waals surface area contributed by atoms with Crippen molar-refractivity contribution in [3.63, 3.8) is 0 Å². The highest BCUT2D eigenvalue weighted by Crippen LogP contribution is 2.15. The van der Waals surface area contributed by atoms with Crippen molar-refractivity contribution in [2.75, 3.05) is 23.0 Å². The summed E-state index contributed by atoms with van der Waals surface area (Å²) in [5, 5.41) is 0.546. The number of imidazole rings is 1. The molecule has 0 saturated heterocycles. The Balaban J connectivity index is 0. The van der Waals surface area contributed by atoms with Gasteiger partial charge in [0.15, 0.2) is 19.7 Å². The number of hydrogen-bond acceptors (Lipinski definition) is 8. The van der Waals surface area contributed by atoms with Gasteiger partial charge in [-0.25, -0.2) is 34.4 Å². The number of nitrogens with zero attached hydrogens (tertiary/aromatic N) is 2. The average Bonchev–Trinajstić information content (AvgIpc) is 3.32. The van der Waals surface area contributed by atoms with Crippen molar-refractivity contribution in [3.8, 4) is 0 Å². The summed E-state index contributed by atoms with van der Waals surface area (Å²) >= 11 is 5.61. The molecule has 1 heterocycles. The third kappa shape index (κ3) is 22.2. The van der Waals surface area contributed by atoms with E-state index in [1.54, 1.807) is 38.1 Å². The first-order valence-corrected chi connectivity index (χ1v) is 20.4. The summed E-state index contributed by atoms with van der Waals surface area (Å²) in [4.78, 5) is 0.741. The van der Waals surface area contributed by atoms with E-state index in [0.717, 1.165) is 5.56 Å². The van der Waals surface area contributed by atoms with Gasteiger partial charge < -0.3 is 0 Å². The number of aromatic nitrogens is 2. The smallest absolute Gasteiger partial charge is 0.264 e. The minimum absolute atomic E-state index is 0.00849. The van der Waals surface area contributed by atoms with E-state index in [4.69, 9.17) is 16.2 Å². The second-order valence-corrected chi connectivity index (χ2v) is 18.3. The van der Waals surface area contributed by atoms with E-state index in [9.17, 15) is 33.7 Å². The fourth-order valence-electron chi connectivity index (χ4n) is 2.30. The topological polar surface area (TPSA) is 166 Å². The van der Waals surface area contributed by atoms with Crippen LogP contribution in [0.3, 0.4) is 0 Å². The molecule has 0 unspecified atom stereocenters. The van der Waals surface area contributed by atoms with E-state index in [1.165, 1.54) is 26.0 Å². The van der Waals surface area contributed by atoms with E-state index in [2.05, 4.69) is 10.7 Å². The molecule has 0 aliphatic heterocycles. The molecule has 2 aromatic carbocycles. The van der Waals surface area contributed by atoms with Gasteiger partial charge >= 0.3 is 0 Å². The maximum atomic E-state index is 11.3. The molecule has 0 bridgehead atoms. The van der Waals surface area contributed by atoms with Gasteiger partial charge in [0.2, 0.25) is 15.4 Å². The second-order valence-electron chi connectivity index (χ2n) is 8.52. The Morgan fingerprint density at radius 3 is 1.28 bits per heavy atom. The first-order valence-electron chi connectivity index (χ1n) is 12.7. The zero-order valence-electron chi connectivity index (χ0n) is 25.2. The van der Waals surface area contributed by atoms with Crippen LogP contribution in [0.4, 0.5) is 0 Å². The molecule has 43 heavy (non-hydrogen) atoms. The highest BCUT2D eigenvalue weighted by atomic mass is 35.7. The number of aryl methyl sites for hydroxylation is 3. The summed E-state index contributed by atoms with van der Waals surface area (Å²) in [5.41, 5.74) is 1.07. The lowest BCUT2D eigenvalue weighted by Gasteiger charge is -2.00. The molecular weight excluding hydrogens is 683 g/mol. The average molecular weight is 725 g/mol. The van der Waals surface area contributed by atoms with Crippen LogP contribution in [-0.4, -0.2) is 65.8 Å². The Bertz CT molecular complexity index is 1530. The Morgan fingerprint density at radius 1 is 0.721 bits per heavy atom. The number of benzene rings is 2. The second kappa shape index (κ2) is 20.1. The molecular formula is C26H41Cl2N2O9S4+. The van der Waals surface area contributed by atoms with Gasteiger partial charge in [-0.2, -0.15) is 8.42 Å². The molecule has 246 valence electrons. The van der Waals surface area contributed by atoms with E-state index < -0.39 is 38.8 Å². The molecule has 0 amide bonds. The van der Waals surface area contributed by atoms with E-state index in [1.807, 2.05) is 61.0 Å². The van der Waals surface area contributed by atoms with Crippen LogP contribution in [0.1, 0.15) is 33.3 Å². The molecule has 1 N–H and O–H groups in total. The quantitative estimate of drug-likeness (QED) is 0.222. The molecule has 17 heteroatoms. The van der Waals surface area contributed by atoms with Gasteiger partial charge in [0, 0.05) is 15.7 Å². The number of sulfone groups is 2. The lowest BCUT2D eigenvalue weighted by molar-refractivity contribution is -0.670. The van der Waals surface area contributed by atoms with Gasteiger partial charge in [0.05, 0.1) is 46.9 Å². The lowest BCUT2D eigenvalue weighted by Crippen LogP contribution is -2.23. The molecule has 0 radical (unpaired) electrons. The van der Waals surface area contributed by atoms with E-state index in [0.29, 0.717) is 14.8 Å². The van der Waals surface area contributed by atoms with Gasteiger partial charge in [0.25, 0.3) is 10.1 Å². The van der Waals surface area contributed by atoms with Crippen molar-refractivity contribution < 1.29 is 42.8 Å². The molecule has 3 rings (SSSR count). The third-order valence-electron chi connectivity index (χ3n) is 4.92. The van der Waals surface area contributed by atoms with Crippen molar-refractivity contribution in [1.82, 2.24) is 4.57 Å². The molecule has 0 atom stereocenters. The molecule has 0 aliphatic rings. The van der Waals surface area contributed by atoms with Crippen molar-refractivity contribution in [1.29, 1.82) is 0 Å². The van der Waals surface area contributed by atoms with E-state index >= 15 is 0 Å². The molecule has 0 spiro atoms. The predicted octanol–water partition coefficient (Wildman–Crippen LogP) is 4.24. The fraction of sp³-hybridized carbons (Fsp3) is 0.423. The van der Waals surface area contributed by atoms with Crippen molar-refractivity contribution in [3.05, 3.63) is 77.8 Å². The van der Waals surface area contributed by atoms with Crippen LogP contribution in [0.5, 0.6) is 0 Å².